The van der Waals surface area contributed by atoms with Gasteiger partial charge in [-0.1, -0.05) is 31.7 Å². The highest BCUT2D eigenvalue weighted by Crippen LogP contribution is 2.68. The molecule has 4 rings (SSSR count). The topological polar surface area (TPSA) is 38.8 Å². The molecule has 4 nitrogen and oxygen atoms in total. The first kappa shape index (κ1) is 12.9. The van der Waals surface area contributed by atoms with E-state index in [0.717, 1.165) is 36.1 Å². The quantitative estimate of drug-likeness (QED) is 0.743. The van der Waals surface area contributed by atoms with Crippen LogP contribution in [0.2, 0.25) is 0 Å². The lowest BCUT2D eigenvalue weighted by Crippen LogP contribution is -2.57. The Morgan fingerprint density at radius 2 is 2.29 bits per heavy atom. The first-order chi connectivity index (χ1) is 10.1. The van der Waals surface area contributed by atoms with Gasteiger partial charge in [0.25, 0.3) is 0 Å². The summed E-state index contributed by atoms with van der Waals surface area (Å²) in [5.41, 5.74) is 2.19. The van der Waals surface area contributed by atoms with E-state index in [2.05, 4.69) is 19.6 Å². The fourth-order valence-corrected chi connectivity index (χ4v) is 4.76. The van der Waals surface area contributed by atoms with Crippen molar-refractivity contribution in [3.05, 3.63) is 42.0 Å². The van der Waals surface area contributed by atoms with Gasteiger partial charge in [-0.25, -0.2) is 9.69 Å². The average molecular weight is 285 g/mol. The summed E-state index contributed by atoms with van der Waals surface area (Å²) in [4.78, 5) is 14.2. The van der Waals surface area contributed by atoms with Gasteiger partial charge in [0.2, 0.25) is 0 Å². The van der Waals surface area contributed by atoms with Gasteiger partial charge in [-0.2, -0.15) is 0 Å². The zero-order valence-electron chi connectivity index (χ0n) is 12.4. The summed E-state index contributed by atoms with van der Waals surface area (Å²) < 4.78 is 11.4. The number of nitrogens with zero attached hydrogens (tertiary/aromatic N) is 1. The van der Waals surface area contributed by atoms with E-state index in [4.69, 9.17) is 9.47 Å². The molecule has 0 saturated carbocycles. The van der Waals surface area contributed by atoms with Crippen LogP contribution >= 0.6 is 0 Å². The van der Waals surface area contributed by atoms with Crippen molar-refractivity contribution in [3.8, 4) is 0 Å². The monoisotopic (exact) mass is 285 g/mol. The predicted octanol–water partition coefficient (Wildman–Crippen LogP) is 3.37. The Labute approximate surface area is 124 Å². The molecular weight excluding hydrogens is 266 g/mol. The van der Waals surface area contributed by atoms with E-state index in [1.807, 2.05) is 18.2 Å². The molecule has 2 saturated heterocycles. The van der Waals surface area contributed by atoms with Crippen LogP contribution in [0.25, 0.3) is 0 Å². The van der Waals surface area contributed by atoms with E-state index < -0.39 is 5.72 Å². The molecule has 3 heterocycles. The van der Waals surface area contributed by atoms with Gasteiger partial charge in [0.15, 0.2) is 5.72 Å². The van der Waals surface area contributed by atoms with Crippen molar-refractivity contribution in [1.82, 2.24) is 0 Å². The molecular formula is C17H19NO3. The third-order valence-electron chi connectivity index (χ3n) is 5.54. The van der Waals surface area contributed by atoms with Gasteiger partial charge in [-0.3, -0.25) is 0 Å². The number of fused-ring (bicyclic) bond motifs is 3. The zero-order valence-corrected chi connectivity index (χ0v) is 12.4. The second-order valence-electron chi connectivity index (χ2n) is 6.04. The molecule has 1 aromatic carbocycles. The van der Waals surface area contributed by atoms with E-state index in [1.165, 1.54) is 7.11 Å². The maximum Gasteiger partial charge on any atom is 0.416 e. The van der Waals surface area contributed by atoms with E-state index in [0.29, 0.717) is 0 Å². The van der Waals surface area contributed by atoms with Crippen LogP contribution in [0.3, 0.4) is 0 Å². The van der Waals surface area contributed by atoms with E-state index in [1.54, 1.807) is 4.90 Å². The molecule has 0 aliphatic carbocycles. The number of methoxy groups -OCH3 is 1. The molecule has 0 aromatic heterocycles. The number of amides is 1. The van der Waals surface area contributed by atoms with Crippen LogP contribution in [-0.2, 0) is 14.9 Å². The first-order valence-electron chi connectivity index (χ1n) is 7.47. The van der Waals surface area contributed by atoms with Crippen LogP contribution in [0.4, 0.5) is 10.5 Å². The second kappa shape index (κ2) is 3.89. The fourth-order valence-electron chi connectivity index (χ4n) is 4.76. The number of anilines is 1. The third kappa shape index (κ3) is 1.16. The summed E-state index contributed by atoms with van der Waals surface area (Å²) in [5, 5.41) is 0. The molecule has 2 bridgehead atoms. The number of carbonyl (C=O) groups is 1. The molecule has 0 radical (unpaired) electrons. The van der Waals surface area contributed by atoms with E-state index >= 15 is 0 Å². The molecule has 3 aliphatic heterocycles. The maximum absolute atomic E-state index is 12.5. The highest BCUT2D eigenvalue weighted by molar-refractivity contribution is 5.95. The Morgan fingerprint density at radius 3 is 3.00 bits per heavy atom. The molecule has 2 fully saturated rings. The summed E-state index contributed by atoms with van der Waals surface area (Å²) in [7, 11) is 1.42. The Kier molecular flexibility index (Phi) is 2.39. The van der Waals surface area contributed by atoms with Crippen molar-refractivity contribution >= 4 is 11.8 Å². The molecule has 0 N–H and O–H groups in total. The minimum Gasteiger partial charge on any atom is -0.452 e. The standard InChI is InChI=1S/C17H19NO3/c1-4-16-11(2)14-9-10-17(16,21-14)18(15(19)20-3)13-8-6-5-7-12(13)16/h5-8,14H,2,4,9-10H2,1,3H3/t14-,16+,17+/m1/s1. The largest absolute Gasteiger partial charge is 0.452 e. The molecule has 4 heteroatoms. The van der Waals surface area contributed by atoms with Crippen molar-refractivity contribution in [1.29, 1.82) is 0 Å². The number of hydrogen-bond donors (Lipinski definition) is 0. The van der Waals surface area contributed by atoms with Crippen molar-refractivity contribution in [2.75, 3.05) is 12.0 Å². The van der Waals surface area contributed by atoms with Gasteiger partial charge in [0.05, 0.1) is 24.3 Å². The van der Waals surface area contributed by atoms with Gasteiger partial charge in [0.1, 0.15) is 0 Å². The number of hydrogen-bond acceptors (Lipinski definition) is 3. The van der Waals surface area contributed by atoms with Gasteiger partial charge in [-0.15, -0.1) is 0 Å². The van der Waals surface area contributed by atoms with Gasteiger partial charge in [0, 0.05) is 0 Å². The van der Waals surface area contributed by atoms with E-state index in [9.17, 15) is 4.79 Å². The molecule has 110 valence electrons. The lowest BCUT2D eigenvalue weighted by atomic mass is 9.63. The van der Waals surface area contributed by atoms with E-state index in [-0.39, 0.29) is 17.6 Å². The normalized spacial score (nSPS) is 35.8. The van der Waals surface area contributed by atoms with Crippen LogP contribution in [0.5, 0.6) is 0 Å². The SMILES string of the molecule is C=C1[C@H]2CC[C@@]3(O2)N(C(=O)OC)c2ccccc2[C@]13CC. The third-order valence-corrected chi connectivity index (χ3v) is 5.54. The number of ether oxygens (including phenoxy) is 2. The van der Waals surface area contributed by atoms with Crippen molar-refractivity contribution in [2.45, 2.75) is 43.4 Å². The Bertz CT molecular complexity index is 655. The number of benzene rings is 1. The highest BCUT2D eigenvalue weighted by atomic mass is 16.6. The van der Waals surface area contributed by atoms with Crippen molar-refractivity contribution in [3.63, 3.8) is 0 Å². The minimum absolute atomic E-state index is 0.0467. The van der Waals surface area contributed by atoms with Gasteiger partial charge < -0.3 is 9.47 Å². The Balaban J connectivity index is 2.04. The lowest BCUT2D eigenvalue weighted by molar-refractivity contribution is -0.0144. The maximum atomic E-state index is 12.5. The lowest BCUT2D eigenvalue weighted by Gasteiger charge is -2.42. The Morgan fingerprint density at radius 1 is 1.52 bits per heavy atom. The second-order valence-corrected chi connectivity index (χ2v) is 6.04. The number of rotatable bonds is 1. The molecule has 1 amide bonds. The first-order valence-corrected chi connectivity index (χ1v) is 7.47. The summed E-state index contributed by atoms with van der Waals surface area (Å²) in [6, 6.07) is 8.04. The molecule has 0 unspecified atom stereocenters. The number of carbonyl (C=O) groups excluding carboxylic acids is 1. The molecule has 1 aromatic rings. The highest BCUT2D eigenvalue weighted by Gasteiger charge is 2.73. The zero-order chi connectivity index (χ0) is 14.8. The molecule has 3 aliphatic rings. The predicted molar refractivity (Wildman–Crippen MR) is 79.3 cm³/mol. The summed E-state index contributed by atoms with van der Waals surface area (Å²) in [6.07, 6.45) is 2.31. The number of para-hydroxylation sites is 1. The summed E-state index contributed by atoms with van der Waals surface area (Å²) >= 11 is 0. The van der Waals surface area contributed by atoms with Crippen molar-refractivity contribution < 1.29 is 14.3 Å². The molecule has 3 atom stereocenters. The fraction of sp³-hybridized carbons (Fsp3) is 0.471. The average Bonchev–Trinajstić information content (AvgIpc) is 3.12. The van der Waals surface area contributed by atoms with Crippen LogP contribution < -0.4 is 4.90 Å². The summed E-state index contributed by atoms with van der Waals surface area (Å²) in [6.45, 7) is 6.48. The Hall–Kier alpha value is -1.81. The smallest absolute Gasteiger partial charge is 0.416 e. The summed E-state index contributed by atoms with van der Waals surface area (Å²) in [5.74, 6) is 0. The molecule has 1 spiro atoms. The van der Waals surface area contributed by atoms with Crippen LogP contribution in [-0.4, -0.2) is 25.0 Å². The van der Waals surface area contributed by atoms with Gasteiger partial charge in [-0.05, 0) is 36.5 Å². The van der Waals surface area contributed by atoms with Crippen LogP contribution in [0, 0.1) is 0 Å². The van der Waals surface area contributed by atoms with Gasteiger partial charge >= 0.3 is 6.09 Å². The minimum atomic E-state index is -0.652. The van der Waals surface area contributed by atoms with Crippen LogP contribution in [0.15, 0.2) is 36.4 Å². The molecule has 21 heavy (non-hydrogen) atoms. The van der Waals surface area contributed by atoms with Crippen molar-refractivity contribution in [2.24, 2.45) is 0 Å². The van der Waals surface area contributed by atoms with Crippen LogP contribution in [0.1, 0.15) is 31.7 Å².